The molecule has 0 radical (unpaired) electrons. The summed E-state index contributed by atoms with van der Waals surface area (Å²) in [7, 11) is 1.16. The van der Waals surface area contributed by atoms with Gasteiger partial charge < -0.3 is 35.8 Å². The number of hydrogen-bond donors (Lipinski definition) is 4. The van der Waals surface area contributed by atoms with Gasteiger partial charge in [-0.2, -0.15) is 0 Å². The van der Waals surface area contributed by atoms with Crippen LogP contribution < -0.4 is 16.4 Å². The van der Waals surface area contributed by atoms with Crippen LogP contribution in [0.2, 0.25) is 0 Å². The fourth-order valence-electron chi connectivity index (χ4n) is 3.45. The molecule has 0 fully saturated rings. The minimum atomic E-state index is -1.42. The monoisotopic (exact) mass is 522 g/mol. The smallest absolute Gasteiger partial charge is 0.408 e. The first kappa shape index (κ1) is 31.2. The molecule has 0 saturated heterocycles. The summed E-state index contributed by atoms with van der Waals surface area (Å²) in [4.78, 5) is 64.3. The van der Waals surface area contributed by atoms with Gasteiger partial charge in [-0.1, -0.05) is 18.2 Å². The molecule has 0 saturated carbocycles. The molecule has 0 aromatic heterocycles. The Morgan fingerprint density at radius 3 is 2.14 bits per heavy atom. The lowest BCUT2D eigenvalue weighted by Crippen LogP contribution is -2.59. The first-order valence-electron chi connectivity index (χ1n) is 11.7. The Kier molecular flexibility index (Phi) is 10.9. The molecule has 2 atom stereocenters. The van der Waals surface area contributed by atoms with Gasteiger partial charge in [0.15, 0.2) is 0 Å². The van der Waals surface area contributed by atoms with E-state index < -0.39 is 59.6 Å². The molecule has 5 N–H and O–H groups in total. The van der Waals surface area contributed by atoms with Crippen LogP contribution in [0.25, 0.3) is 0 Å². The minimum absolute atomic E-state index is 0.0825. The molecule has 12 heteroatoms. The molecule has 0 aliphatic heterocycles. The Hall–Kier alpha value is -3.83. The van der Waals surface area contributed by atoms with Crippen molar-refractivity contribution in [2.45, 2.75) is 77.6 Å². The van der Waals surface area contributed by atoms with E-state index in [-0.39, 0.29) is 24.2 Å². The molecule has 37 heavy (non-hydrogen) atoms. The summed E-state index contributed by atoms with van der Waals surface area (Å²) in [5, 5.41) is 15.5. The topological polar surface area (TPSA) is 177 Å². The standard InChI is InChI=1S/C25H38N4O8/c1-24(2,3)29(22(34)16(12-13-18(26)31)28-23(35)37-25(4,5)6)20(15-10-8-9-11-17(15)30)21(33)27-14-19(32)36-7/h8-11,16,20,30H,12-14H2,1-7H3,(H2,26,31)(H,27,33)(H,28,35). The molecule has 0 aliphatic carbocycles. The van der Waals surface area contributed by atoms with Crippen molar-refractivity contribution in [3.63, 3.8) is 0 Å². The molecule has 0 aliphatic rings. The maximum Gasteiger partial charge on any atom is 0.408 e. The van der Waals surface area contributed by atoms with Crippen LogP contribution in [0.4, 0.5) is 4.79 Å². The van der Waals surface area contributed by atoms with Crippen molar-refractivity contribution in [3.05, 3.63) is 29.8 Å². The molecule has 0 heterocycles. The van der Waals surface area contributed by atoms with Gasteiger partial charge in [0.1, 0.15) is 30.0 Å². The van der Waals surface area contributed by atoms with Gasteiger partial charge in [-0.15, -0.1) is 0 Å². The number of alkyl carbamates (subject to hydrolysis) is 1. The molecule has 1 aromatic rings. The van der Waals surface area contributed by atoms with Crippen LogP contribution in [-0.2, 0) is 28.7 Å². The summed E-state index contributed by atoms with van der Waals surface area (Å²) >= 11 is 0. The van der Waals surface area contributed by atoms with Gasteiger partial charge in [-0.3, -0.25) is 19.2 Å². The van der Waals surface area contributed by atoms with Gasteiger partial charge in [0.25, 0.3) is 0 Å². The maximum atomic E-state index is 14.0. The Balaban J connectivity index is 3.58. The average molecular weight is 523 g/mol. The molecule has 0 spiro atoms. The number of rotatable bonds is 10. The summed E-state index contributed by atoms with van der Waals surface area (Å²) in [5.74, 6) is -3.19. The largest absolute Gasteiger partial charge is 0.508 e. The van der Waals surface area contributed by atoms with Crippen LogP contribution in [0, 0.1) is 0 Å². The van der Waals surface area contributed by atoms with Gasteiger partial charge in [0.2, 0.25) is 17.7 Å². The average Bonchev–Trinajstić information content (AvgIpc) is 2.76. The minimum Gasteiger partial charge on any atom is -0.508 e. The highest BCUT2D eigenvalue weighted by molar-refractivity contribution is 5.94. The van der Waals surface area contributed by atoms with Gasteiger partial charge in [0.05, 0.1) is 7.11 Å². The van der Waals surface area contributed by atoms with Crippen LogP contribution in [0.15, 0.2) is 24.3 Å². The summed E-state index contributed by atoms with van der Waals surface area (Å²) in [5.41, 5.74) is 3.46. The number of nitrogens with two attached hydrogens (primary N) is 1. The summed E-state index contributed by atoms with van der Waals surface area (Å²) in [6.07, 6.45) is -1.31. The number of carbonyl (C=O) groups excluding carboxylic acids is 5. The highest BCUT2D eigenvalue weighted by atomic mass is 16.6. The van der Waals surface area contributed by atoms with Gasteiger partial charge >= 0.3 is 12.1 Å². The zero-order valence-corrected chi connectivity index (χ0v) is 22.4. The Morgan fingerprint density at radius 2 is 1.65 bits per heavy atom. The van der Waals surface area contributed by atoms with Crippen LogP contribution >= 0.6 is 0 Å². The third kappa shape index (κ3) is 9.98. The van der Waals surface area contributed by atoms with E-state index in [0.717, 1.165) is 7.11 Å². The number of benzene rings is 1. The van der Waals surface area contributed by atoms with Crippen LogP contribution in [0.3, 0.4) is 0 Å². The fraction of sp³-hybridized carbons (Fsp3) is 0.560. The van der Waals surface area contributed by atoms with Gasteiger partial charge in [0, 0.05) is 17.5 Å². The number of phenols is 1. The number of phenolic OH excluding ortho intramolecular Hbond substituents is 1. The van der Waals surface area contributed by atoms with Crippen molar-refractivity contribution in [2.24, 2.45) is 5.73 Å². The van der Waals surface area contributed by atoms with E-state index >= 15 is 0 Å². The van der Waals surface area contributed by atoms with Gasteiger partial charge in [-0.25, -0.2) is 4.79 Å². The Labute approximate surface area is 216 Å². The molecule has 1 aromatic carbocycles. The highest BCUT2D eigenvalue weighted by Gasteiger charge is 2.42. The second kappa shape index (κ2) is 12.9. The van der Waals surface area contributed by atoms with Crippen molar-refractivity contribution < 1.29 is 38.6 Å². The lowest BCUT2D eigenvalue weighted by Gasteiger charge is -2.43. The fourth-order valence-corrected chi connectivity index (χ4v) is 3.45. The number of para-hydroxylation sites is 1. The van der Waals surface area contributed by atoms with Crippen molar-refractivity contribution in [1.82, 2.24) is 15.5 Å². The van der Waals surface area contributed by atoms with Crippen LogP contribution in [0.5, 0.6) is 5.75 Å². The van der Waals surface area contributed by atoms with E-state index in [2.05, 4.69) is 15.4 Å². The summed E-state index contributed by atoms with van der Waals surface area (Å²) < 4.78 is 9.84. The number of ether oxygens (including phenoxy) is 2. The van der Waals surface area contributed by atoms with Crippen molar-refractivity contribution in [3.8, 4) is 5.75 Å². The molecule has 12 nitrogen and oxygen atoms in total. The van der Waals surface area contributed by atoms with E-state index in [0.29, 0.717) is 0 Å². The van der Waals surface area contributed by atoms with Gasteiger partial charge in [-0.05, 0) is 54.0 Å². The maximum absolute atomic E-state index is 14.0. The second-order valence-electron chi connectivity index (χ2n) is 10.3. The Bertz CT molecular complexity index is 997. The molecular formula is C25H38N4O8. The molecule has 0 bridgehead atoms. The normalized spacial score (nSPS) is 13.1. The number of aromatic hydroxyl groups is 1. The quantitative estimate of drug-likeness (QED) is 0.334. The molecule has 4 amide bonds. The molecular weight excluding hydrogens is 484 g/mol. The van der Waals surface area contributed by atoms with E-state index in [1.165, 1.54) is 17.0 Å². The molecule has 206 valence electrons. The van der Waals surface area contributed by atoms with Crippen LogP contribution in [-0.4, -0.2) is 70.6 Å². The third-order valence-electron chi connectivity index (χ3n) is 5.00. The Morgan fingerprint density at radius 1 is 1.05 bits per heavy atom. The summed E-state index contributed by atoms with van der Waals surface area (Å²) in [6, 6.07) is 3.21. The summed E-state index contributed by atoms with van der Waals surface area (Å²) in [6.45, 7) is 9.43. The number of hydrogen-bond acceptors (Lipinski definition) is 8. The lowest BCUT2D eigenvalue weighted by molar-refractivity contribution is -0.149. The van der Waals surface area contributed by atoms with Crippen molar-refractivity contribution in [1.29, 1.82) is 0 Å². The third-order valence-corrected chi connectivity index (χ3v) is 5.00. The zero-order chi connectivity index (χ0) is 28.6. The predicted octanol–water partition coefficient (Wildman–Crippen LogP) is 1.51. The van der Waals surface area contributed by atoms with E-state index in [4.69, 9.17) is 10.5 Å². The SMILES string of the molecule is COC(=O)CNC(=O)C(c1ccccc1O)N(C(=O)C(CCC(N)=O)NC(=O)OC(C)(C)C)C(C)(C)C. The van der Waals surface area contributed by atoms with Crippen molar-refractivity contribution >= 4 is 29.8 Å². The predicted molar refractivity (Wildman–Crippen MR) is 134 cm³/mol. The van der Waals surface area contributed by atoms with E-state index in [9.17, 15) is 29.1 Å². The highest BCUT2D eigenvalue weighted by Crippen LogP contribution is 2.34. The van der Waals surface area contributed by atoms with E-state index in [1.807, 2.05) is 0 Å². The van der Waals surface area contributed by atoms with Crippen LogP contribution in [0.1, 0.15) is 66.0 Å². The lowest BCUT2D eigenvalue weighted by atomic mass is 9.94. The number of primary amides is 1. The number of amides is 4. The zero-order valence-electron chi connectivity index (χ0n) is 22.4. The number of methoxy groups -OCH3 is 1. The molecule has 2 unspecified atom stereocenters. The first-order valence-corrected chi connectivity index (χ1v) is 11.7. The van der Waals surface area contributed by atoms with Crippen molar-refractivity contribution in [2.75, 3.05) is 13.7 Å². The molecule has 1 rings (SSSR count). The number of carbonyl (C=O) groups is 5. The van der Waals surface area contributed by atoms with E-state index in [1.54, 1.807) is 53.7 Å². The number of nitrogens with zero attached hydrogens (tertiary/aromatic N) is 1. The number of esters is 1. The number of nitrogens with one attached hydrogen (secondary N) is 2. The first-order chi connectivity index (χ1) is 17.0. The second-order valence-corrected chi connectivity index (χ2v) is 10.3.